The van der Waals surface area contributed by atoms with Crippen LogP contribution >= 0.6 is 0 Å². The van der Waals surface area contributed by atoms with Gasteiger partial charge in [-0.3, -0.25) is 4.79 Å². The van der Waals surface area contributed by atoms with Crippen LogP contribution in [0.4, 0.5) is 16.2 Å². The van der Waals surface area contributed by atoms with Crippen LogP contribution in [0, 0.1) is 0 Å². The van der Waals surface area contributed by atoms with Gasteiger partial charge < -0.3 is 20.4 Å². The smallest absolute Gasteiger partial charge is 0.321 e. The van der Waals surface area contributed by atoms with Crippen molar-refractivity contribution in [2.75, 3.05) is 43.9 Å². The molecular formula is C22H28N4O2. The Labute approximate surface area is 166 Å². The van der Waals surface area contributed by atoms with Gasteiger partial charge in [0.15, 0.2) is 0 Å². The van der Waals surface area contributed by atoms with Crippen molar-refractivity contribution in [3.05, 3.63) is 59.7 Å². The number of carbonyl (C=O) groups is 2. The standard InChI is InChI=1S/C22H28N4O2/c1-25(2)22(28)24-18-10-11-20(26-14-6-7-15-26)19(16-18)21(27)23-13-12-17-8-4-3-5-9-17/h3-5,8-11,16H,6-7,12-15H2,1-2H3,(H,23,27)(H,24,28). The van der Waals surface area contributed by atoms with E-state index >= 15 is 0 Å². The van der Waals surface area contributed by atoms with Gasteiger partial charge in [0.1, 0.15) is 0 Å². The number of nitrogens with zero attached hydrogens (tertiary/aromatic N) is 2. The summed E-state index contributed by atoms with van der Waals surface area (Å²) in [7, 11) is 3.37. The quantitative estimate of drug-likeness (QED) is 0.808. The maximum Gasteiger partial charge on any atom is 0.321 e. The van der Waals surface area contributed by atoms with Crippen molar-refractivity contribution >= 4 is 23.3 Å². The Balaban J connectivity index is 1.74. The Kier molecular flexibility index (Phi) is 6.53. The van der Waals surface area contributed by atoms with Crippen molar-refractivity contribution in [1.29, 1.82) is 0 Å². The lowest BCUT2D eigenvalue weighted by atomic mass is 10.1. The lowest BCUT2D eigenvalue weighted by molar-refractivity contribution is 0.0954. The summed E-state index contributed by atoms with van der Waals surface area (Å²) < 4.78 is 0. The molecule has 2 N–H and O–H groups in total. The van der Waals surface area contributed by atoms with Gasteiger partial charge in [0, 0.05) is 45.1 Å². The molecular weight excluding hydrogens is 352 g/mol. The largest absolute Gasteiger partial charge is 0.371 e. The SMILES string of the molecule is CN(C)C(=O)Nc1ccc(N2CCCC2)c(C(=O)NCCc2ccccc2)c1. The molecule has 3 amide bonds. The molecule has 28 heavy (non-hydrogen) atoms. The van der Waals surface area contributed by atoms with Crippen LogP contribution in [0.15, 0.2) is 48.5 Å². The molecule has 1 saturated heterocycles. The summed E-state index contributed by atoms with van der Waals surface area (Å²) in [5.41, 5.74) is 3.34. The van der Waals surface area contributed by atoms with E-state index < -0.39 is 0 Å². The van der Waals surface area contributed by atoms with Crippen molar-refractivity contribution < 1.29 is 9.59 Å². The van der Waals surface area contributed by atoms with Gasteiger partial charge in [-0.25, -0.2) is 4.79 Å². The van der Waals surface area contributed by atoms with E-state index in [1.54, 1.807) is 20.2 Å². The number of anilines is 2. The minimum Gasteiger partial charge on any atom is -0.371 e. The summed E-state index contributed by atoms with van der Waals surface area (Å²) in [4.78, 5) is 28.6. The number of hydrogen-bond donors (Lipinski definition) is 2. The number of amides is 3. The van der Waals surface area contributed by atoms with Crippen LogP contribution in [0.5, 0.6) is 0 Å². The van der Waals surface area contributed by atoms with Crippen LogP contribution in [0.2, 0.25) is 0 Å². The molecule has 0 unspecified atom stereocenters. The maximum atomic E-state index is 12.9. The Bertz CT molecular complexity index is 815. The molecule has 1 aliphatic rings. The molecule has 0 radical (unpaired) electrons. The summed E-state index contributed by atoms with van der Waals surface area (Å²) in [6, 6.07) is 15.4. The van der Waals surface area contributed by atoms with Crippen molar-refractivity contribution in [3.63, 3.8) is 0 Å². The van der Waals surface area contributed by atoms with Crippen molar-refractivity contribution in [1.82, 2.24) is 10.2 Å². The fourth-order valence-corrected chi connectivity index (χ4v) is 3.33. The first-order chi connectivity index (χ1) is 13.5. The predicted molar refractivity (Wildman–Crippen MR) is 113 cm³/mol. The first kappa shape index (κ1) is 19.7. The van der Waals surface area contributed by atoms with Crippen LogP contribution in [0.1, 0.15) is 28.8 Å². The van der Waals surface area contributed by atoms with Crippen LogP contribution in [0.3, 0.4) is 0 Å². The van der Waals surface area contributed by atoms with Crippen LogP contribution in [-0.2, 0) is 6.42 Å². The first-order valence-corrected chi connectivity index (χ1v) is 9.74. The second-order valence-corrected chi connectivity index (χ2v) is 7.24. The number of benzene rings is 2. The summed E-state index contributed by atoms with van der Waals surface area (Å²) in [6.07, 6.45) is 3.05. The first-order valence-electron chi connectivity index (χ1n) is 9.74. The Morgan fingerprint density at radius 3 is 2.43 bits per heavy atom. The third-order valence-corrected chi connectivity index (χ3v) is 4.89. The molecule has 1 fully saturated rings. The zero-order valence-corrected chi connectivity index (χ0v) is 16.6. The monoisotopic (exact) mass is 380 g/mol. The second kappa shape index (κ2) is 9.26. The summed E-state index contributed by atoms with van der Waals surface area (Å²) in [5, 5.41) is 5.85. The number of urea groups is 1. The minimum atomic E-state index is -0.218. The molecule has 0 saturated carbocycles. The van der Waals surface area contributed by atoms with E-state index in [4.69, 9.17) is 0 Å². The lowest BCUT2D eigenvalue weighted by Gasteiger charge is -2.22. The summed E-state index contributed by atoms with van der Waals surface area (Å²) in [6.45, 7) is 2.47. The third kappa shape index (κ3) is 5.03. The van der Waals surface area contributed by atoms with Gasteiger partial charge in [-0.05, 0) is 43.0 Å². The Morgan fingerprint density at radius 2 is 1.75 bits per heavy atom. The maximum absolute atomic E-state index is 12.9. The van der Waals surface area contributed by atoms with Gasteiger partial charge in [0.05, 0.1) is 5.56 Å². The fourth-order valence-electron chi connectivity index (χ4n) is 3.33. The average molecular weight is 380 g/mol. The van der Waals surface area contributed by atoms with Gasteiger partial charge in [-0.1, -0.05) is 30.3 Å². The Hall–Kier alpha value is -3.02. The van der Waals surface area contributed by atoms with Crippen molar-refractivity contribution in [2.24, 2.45) is 0 Å². The van der Waals surface area contributed by atoms with Crippen LogP contribution in [0.25, 0.3) is 0 Å². The van der Waals surface area contributed by atoms with E-state index in [-0.39, 0.29) is 11.9 Å². The van der Waals surface area contributed by atoms with E-state index in [1.807, 2.05) is 30.3 Å². The fraction of sp³-hybridized carbons (Fsp3) is 0.364. The molecule has 0 aliphatic carbocycles. The highest BCUT2D eigenvalue weighted by Gasteiger charge is 2.20. The predicted octanol–water partition coefficient (Wildman–Crippen LogP) is 3.35. The zero-order valence-electron chi connectivity index (χ0n) is 16.6. The molecule has 0 atom stereocenters. The van der Waals surface area contributed by atoms with E-state index in [2.05, 4.69) is 27.7 Å². The highest BCUT2D eigenvalue weighted by atomic mass is 16.2. The zero-order chi connectivity index (χ0) is 19.9. The van der Waals surface area contributed by atoms with Crippen LogP contribution < -0.4 is 15.5 Å². The van der Waals surface area contributed by atoms with Gasteiger partial charge in [0.2, 0.25) is 0 Å². The molecule has 1 aliphatic heterocycles. The summed E-state index contributed by atoms with van der Waals surface area (Å²) in [5.74, 6) is -0.112. The van der Waals surface area contributed by atoms with Gasteiger partial charge >= 0.3 is 6.03 Å². The van der Waals surface area contributed by atoms with Crippen molar-refractivity contribution in [3.8, 4) is 0 Å². The molecule has 3 rings (SSSR count). The molecule has 0 spiro atoms. The Morgan fingerprint density at radius 1 is 1.04 bits per heavy atom. The second-order valence-electron chi connectivity index (χ2n) is 7.24. The highest BCUT2D eigenvalue weighted by Crippen LogP contribution is 2.27. The normalized spacial score (nSPS) is 13.3. The molecule has 6 heteroatoms. The van der Waals surface area contributed by atoms with Gasteiger partial charge in [-0.2, -0.15) is 0 Å². The molecule has 1 heterocycles. The van der Waals surface area contributed by atoms with Gasteiger partial charge in [-0.15, -0.1) is 0 Å². The molecule has 0 bridgehead atoms. The number of hydrogen-bond acceptors (Lipinski definition) is 3. The topological polar surface area (TPSA) is 64.7 Å². The van der Waals surface area contributed by atoms with E-state index in [0.717, 1.165) is 38.0 Å². The number of nitrogens with one attached hydrogen (secondary N) is 2. The van der Waals surface area contributed by atoms with E-state index in [1.165, 1.54) is 10.5 Å². The minimum absolute atomic E-state index is 0.112. The lowest BCUT2D eigenvalue weighted by Crippen LogP contribution is -2.30. The van der Waals surface area contributed by atoms with E-state index in [9.17, 15) is 9.59 Å². The molecule has 6 nitrogen and oxygen atoms in total. The summed E-state index contributed by atoms with van der Waals surface area (Å²) >= 11 is 0. The molecule has 0 aromatic heterocycles. The van der Waals surface area contributed by atoms with Crippen LogP contribution in [-0.4, -0.2) is 50.6 Å². The van der Waals surface area contributed by atoms with E-state index in [0.29, 0.717) is 17.8 Å². The molecule has 148 valence electrons. The highest BCUT2D eigenvalue weighted by molar-refractivity contribution is 6.02. The molecule has 2 aromatic carbocycles. The van der Waals surface area contributed by atoms with Gasteiger partial charge in [0.25, 0.3) is 5.91 Å². The third-order valence-electron chi connectivity index (χ3n) is 4.89. The number of rotatable bonds is 6. The molecule has 2 aromatic rings. The average Bonchev–Trinajstić information content (AvgIpc) is 3.23. The van der Waals surface area contributed by atoms with Crippen molar-refractivity contribution in [2.45, 2.75) is 19.3 Å². The number of carbonyl (C=O) groups excluding carboxylic acids is 2.